The number of hydrogen-bond acceptors (Lipinski definition) is 7. The van der Waals surface area contributed by atoms with Crippen LogP contribution in [0.5, 0.6) is 0 Å². The molecule has 1 aliphatic rings. The number of amides is 1. The summed E-state index contributed by atoms with van der Waals surface area (Å²) in [6.45, 7) is 2.65. The van der Waals surface area contributed by atoms with E-state index in [1.54, 1.807) is 5.38 Å². The van der Waals surface area contributed by atoms with Gasteiger partial charge in [-0.2, -0.15) is 5.26 Å². The quantitative estimate of drug-likeness (QED) is 0.856. The van der Waals surface area contributed by atoms with Crippen molar-refractivity contribution in [2.24, 2.45) is 0 Å². The SMILES string of the molecule is N#Cc1cccc(NC(=O)c2csc(N3CCOCC3)n2)c1C(=O)O. The summed E-state index contributed by atoms with van der Waals surface area (Å²) in [5.74, 6) is -1.80. The highest BCUT2D eigenvalue weighted by Gasteiger charge is 2.20. The van der Waals surface area contributed by atoms with Crippen molar-refractivity contribution in [3.8, 4) is 6.07 Å². The highest BCUT2D eigenvalue weighted by Crippen LogP contribution is 2.24. The summed E-state index contributed by atoms with van der Waals surface area (Å²) in [6, 6.07) is 6.16. The number of carboxylic acids is 1. The summed E-state index contributed by atoms with van der Waals surface area (Å²) in [4.78, 5) is 30.1. The fourth-order valence-corrected chi connectivity index (χ4v) is 3.29. The smallest absolute Gasteiger partial charge is 0.339 e. The first-order chi connectivity index (χ1) is 12.1. The van der Waals surface area contributed by atoms with E-state index in [0.717, 1.165) is 5.13 Å². The summed E-state index contributed by atoms with van der Waals surface area (Å²) in [5, 5.41) is 23.2. The van der Waals surface area contributed by atoms with Crippen molar-refractivity contribution < 1.29 is 19.4 Å². The highest BCUT2D eigenvalue weighted by molar-refractivity contribution is 7.14. The van der Waals surface area contributed by atoms with Gasteiger partial charge in [-0.3, -0.25) is 4.79 Å². The molecular weight excluding hydrogens is 344 g/mol. The van der Waals surface area contributed by atoms with Gasteiger partial charge in [0.1, 0.15) is 17.3 Å². The molecular formula is C16H14N4O4S. The maximum Gasteiger partial charge on any atom is 0.339 e. The van der Waals surface area contributed by atoms with E-state index in [0.29, 0.717) is 26.3 Å². The van der Waals surface area contributed by atoms with Crippen LogP contribution in [-0.2, 0) is 4.74 Å². The second-order valence-electron chi connectivity index (χ2n) is 5.21. The van der Waals surface area contributed by atoms with Gasteiger partial charge in [0, 0.05) is 18.5 Å². The van der Waals surface area contributed by atoms with Crippen molar-refractivity contribution in [1.82, 2.24) is 4.98 Å². The Morgan fingerprint density at radius 1 is 1.36 bits per heavy atom. The van der Waals surface area contributed by atoms with Crippen molar-refractivity contribution >= 4 is 34.0 Å². The number of aromatic carboxylic acids is 1. The largest absolute Gasteiger partial charge is 0.478 e. The molecule has 2 aromatic rings. The minimum absolute atomic E-state index is 0.0161. The third kappa shape index (κ3) is 3.60. The molecule has 0 aliphatic carbocycles. The van der Waals surface area contributed by atoms with Crippen LogP contribution in [0.4, 0.5) is 10.8 Å². The monoisotopic (exact) mass is 358 g/mol. The molecule has 0 spiro atoms. The second-order valence-corrected chi connectivity index (χ2v) is 6.05. The summed E-state index contributed by atoms with van der Waals surface area (Å²) in [7, 11) is 0. The van der Waals surface area contributed by atoms with Gasteiger partial charge in [0.05, 0.1) is 24.5 Å². The maximum absolute atomic E-state index is 12.4. The van der Waals surface area contributed by atoms with Crippen LogP contribution in [0.25, 0.3) is 0 Å². The number of aromatic nitrogens is 1. The molecule has 1 aromatic heterocycles. The number of carboxylic acid groups (broad SMARTS) is 1. The van der Waals surface area contributed by atoms with Crippen LogP contribution >= 0.6 is 11.3 Å². The molecule has 128 valence electrons. The van der Waals surface area contributed by atoms with Gasteiger partial charge < -0.3 is 20.1 Å². The summed E-state index contributed by atoms with van der Waals surface area (Å²) < 4.78 is 5.29. The molecule has 9 heteroatoms. The molecule has 0 saturated carbocycles. The van der Waals surface area contributed by atoms with Gasteiger partial charge >= 0.3 is 5.97 Å². The molecule has 8 nitrogen and oxygen atoms in total. The standard InChI is InChI=1S/C16H14N4O4S/c17-8-10-2-1-3-11(13(10)15(22)23)18-14(21)12-9-25-16(19-12)20-4-6-24-7-5-20/h1-3,9H,4-7H2,(H,18,21)(H,22,23). The van der Waals surface area contributed by atoms with Gasteiger partial charge in [-0.15, -0.1) is 11.3 Å². The number of thiazole rings is 1. The first kappa shape index (κ1) is 16.9. The van der Waals surface area contributed by atoms with Gasteiger partial charge in [-0.25, -0.2) is 9.78 Å². The average Bonchev–Trinajstić information content (AvgIpc) is 3.12. The molecule has 25 heavy (non-hydrogen) atoms. The molecule has 1 fully saturated rings. The summed E-state index contributed by atoms with van der Waals surface area (Å²) in [6.07, 6.45) is 0. The third-order valence-corrected chi connectivity index (χ3v) is 4.55. The topological polar surface area (TPSA) is 116 Å². The Morgan fingerprint density at radius 2 is 2.12 bits per heavy atom. The van der Waals surface area contributed by atoms with E-state index >= 15 is 0 Å². The Labute approximate surface area is 147 Å². The molecule has 1 amide bonds. The van der Waals surface area contributed by atoms with Crippen LogP contribution in [0.3, 0.4) is 0 Å². The molecule has 1 saturated heterocycles. The van der Waals surface area contributed by atoms with Crippen LogP contribution in [-0.4, -0.2) is 48.3 Å². The average molecular weight is 358 g/mol. The number of hydrogen-bond donors (Lipinski definition) is 2. The number of nitrogens with zero attached hydrogens (tertiary/aromatic N) is 3. The number of benzene rings is 1. The number of rotatable bonds is 4. The molecule has 0 unspecified atom stereocenters. The van der Waals surface area contributed by atoms with Gasteiger partial charge in [-0.1, -0.05) is 6.07 Å². The maximum atomic E-state index is 12.4. The summed E-state index contributed by atoms with van der Waals surface area (Å²) in [5.41, 5.74) is 0.0160. The minimum Gasteiger partial charge on any atom is -0.478 e. The molecule has 0 radical (unpaired) electrons. The van der Waals surface area contributed by atoms with Gasteiger partial charge in [0.15, 0.2) is 5.13 Å². The predicted molar refractivity (Wildman–Crippen MR) is 91.2 cm³/mol. The van der Waals surface area contributed by atoms with E-state index in [1.165, 1.54) is 29.5 Å². The third-order valence-electron chi connectivity index (χ3n) is 3.65. The van der Waals surface area contributed by atoms with E-state index in [4.69, 9.17) is 10.00 Å². The lowest BCUT2D eigenvalue weighted by atomic mass is 10.1. The molecule has 3 rings (SSSR count). The van der Waals surface area contributed by atoms with Crippen LogP contribution in [0, 0.1) is 11.3 Å². The Kier molecular flexibility index (Phi) is 4.92. The number of ether oxygens (including phenoxy) is 1. The van der Waals surface area contributed by atoms with Crippen LogP contribution in [0.1, 0.15) is 26.4 Å². The summed E-state index contributed by atoms with van der Waals surface area (Å²) >= 11 is 1.34. The van der Waals surface area contributed by atoms with Gasteiger partial charge in [0.2, 0.25) is 0 Å². The number of carbonyl (C=O) groups is 2. The second kappa shape index (κ2) is 7.29. The lowest BCUT2D eigenvalue weighted by Gasteiger charge is -2.25. The van der Waals surface area contributed by atoms with E-state index in [9.17, 15) is 14.7 Å². The van der Waals surface area contributed by atoms with E-state index in [1.807, 2.05) is 11.0 Å². The Balaban J connectivity index is 1.80. The number of anilines is 2. The molecule has 1 aromatic carbocycles. The van der Waals surface area contributed by atoms with Crippen molar-refractivity contribution in [3.63, 3.8) is 0 Å². The van der Waals surface area contributed by atoms with Gasteiger partial charge in [0.25, 0.3) is 5.91 Å². The van der Waals surface area contributed by atoms with E-state index < -0.39 is 11.9 Å². The molecule has 0 bridgehead atoms. The Bertz CT molecular complexity index is 852. The lowest BCUT2D eigenvalue weighted by molar-refractivity contribution is 0.0697. The minimum atomic E-state index is -1.28. The number of morpholine rings is 1. The first-order valence-electron chi connectivity index (χ1n) is 7.46. The van der Waals surface area contributed by atoms with E-state index in [-0.39, 0.29) is 22.5 Å². The zero-order valence-electron chi connectivity index (χ0n) is 13.1. The number of nitriles is 1. The van der Waals surface area contributed by atoms with Crippen LogP contribution in [0.2, 0.25) is 0 Å². The Hall–Kier alpha value is -2.96. The molecule has 1 aliphatic heterocycles. The zero-order valence-corrected chi connectivity index (χ0v) is 13.9. The van der Waals surface area contributed by atoms with Crippen molar-refractivity contribution in [2.45, 2.75) is 0 Å². The zero-order chi connectivity index (χ0) is 17.8. The first-order valence-corrected chi connectivity index (χ1v) is 8.34. The normalized spacial score (nSPS) is 14.0. The number of nitrogens with one attached hydrogen (secondary N) is 1. The Morgan fingerprint density at radius 3 is 2.80 bits per heavy atom. The van der Waals surface area contributed by atoms with Crippen LogP contribution < -0.4 is 10.2 Å². The van der Waals surface area contributed by atoms with E-state index in [2.05, 4.69) is 10.3 Å². The molecule has 2 N–H and O–H groups in total. The highest BCUT2D eigenvalue weighted by atomic mass is 32.1. The van der Waals surface area contributed by atoms with Crippen LogP contribution in [0.15, 0.2) is 23.6 Å². The van der Waals surface area contributed by atoms with Crippen molar-refractivity contribution in [2.75, 3.05) is 36.5 Å². The fourth-order valence-electron chi connectivity index (χ4n) is 2.43. The molecule has 0 atom stereocenters. The van der Waals surface area contributed by atoms with Crippen molar-refractivity contribution in [1.29, 1.82) is 5.26 Å². The van der Waals surface area contributed by atoms with Crippen molar-refractivity contribution in [3.05, 3.63) is 40.4 Å². The predicted octanol–water partition coefficient (Wildman–Crippen LogP) is 1.80. The van der Waals surface area contributed by atoms with Gasteiger partial charge in [-0.05, 0) is 12.1 Å². The number of carbonyl (C=O) groups excluding carboxylic acids is 1. The fraction of sp³-hybridized carbons (Fsp3) is 0.250. The lowest BCUT2D eigenvalue weighted by Crippen LogP contribution is -2.36. The molecule has 2 heterocycles.